The van der Waals surface area contributed by atoms with Crippen molar-refractivity contribution in [1.82, 2.24) is 4.98 Å². The normalized spacial score (nSPS) is 11.0. The van der Waals surface area contributed by atoms with Gasteiger partial charge in [0.25, 0.3) is 0 Å². The van der Waals surface area contributed by atoms with Crippen LogP contribution in [0.15, 0.2) is 54.7 Å². The van der Waals surface area contributed by atoms with Crippen molar-refractivity contribution >= 4 is 22.5 Å². The first kappa shape index (κ1) is 13.9. The highest BCUT2D eigenvalue weighted by atomic mass is 35.5. The minimum absolute atomic E-state index is 0.406. The Morgan fingerprint density at radius 1 is 1.00 bits per heavy atom. The molecule has 3 heteroatoms. The molecule has 0 amide bonds. The topological polar surface area (TPSA) is 22.1 Å². The molecule has 1 heterocycles. The van der Waals surface area contributed by atoms with E-state index in [0.29, 0.717) is 10.9 Å². The van der Waals surface area contributed by atoms with Crippen LogP contribution < -0.4 is 4.74 Å². The first-order valence-corrected chi connectivity index (χ1v) is 7.34. The van der Waals surface area contributed by atoms with Gasteiger partial charge in [-0.2, -0.15) is 0 Å². The SMILES string of the molecule is CC(C)c1ccccc1Oc1ccnc2cc(Cl)ccc12. The molecule has 1 aromatic heterocycles. The monoisotopic (exact) mass is 297 g/mol. The zero-order valence-electron chi connectivity index (χ0n) is 12.0. The maximum Gasteiger partial charge on any atom is 0.138 e. The third kappa shape index (κ3) is 2.86. The third-order valence-corrected chi connectivity index (χ3v) is 3.66. The lowest BCUT2D eigenvalue weighted by Gasteiger charge is -2.14. The number of fused-ring (bicyclic) bond motifs is 1. The maximum atomic E-state index is 6.14. The summed E-state index contributed by atoms with van der Waals surface area (Å²) in [6, 6.07) is 15.6. The van der Waals surface area contributed by atoms with Gasteiger partial charge in [-0.25, -0.2) is 0 Å². The lowest BCUT2D eigenvalue weighted by molar-refractivity contribution is 0.478. The summed E-state index contributed by atoms with van der Waals surface area (Å²) in [6.07, 6.45) is 1.74. The molecule has 0 aliphatic rings. The molecule has 106 valence electrons. The van der Waals surface area contributed by atoms with Crippen LogP contribution in [0.1, 0.15) is 25.3 Å². The minimum atomic E-state index is 0.406. The Balaban J connectivity index is 2.07. The molecule has 0 atom stereocenters. The van der Waals surface area contributed by atoms with Gasteiger partial charge in [-0.1, -0.05) is 43.6 Å². The molecule has 0 aliphatic heterocycles. The molecule has 3 aromatic rings. The minimum Gasteiger partial charge on any atom is -0.456 e. The molecule has 0 radical (unpaired) electrons. The summed E-state index contributed by atoms with van der Waals surface area (Å²) in [5.74, 6) is 2.09. The second kappa shape index (κ2) is 5.74. The van der Waals surface area contributed by atoms with Gasteiger partial charge in [0, 0.05) is 16.6 Å². The molecule has 0 spiro atoms. The van der Waals surface area contributed by atoms with Crippen LogP contribution in [0, 0.1) is 0 Å². The Labute approximate surface area is 129 Å². The molecule has 0 unspecified atom stereocenters. The van der Waals surface area contributed by atoms with Crippen molar-refractivity contribution in [3.8, 4) is 11.5 Å². The van der Waals surface area contributed by atoms with Gasteiger partial charge in [0.2, 0.25) is 0 Å². The fraction of sp³-hybridized carbons (Fsp3) is 0.167. The van der Waals surface area contributed by atoms with E-state index in [1.54, 1.807) is 6.20 Å². The average molecular weight is 298 g/mol. The van der Waals surface area contributed by atoms with Crippen molar-refractivity contribution in [3.05, 3.63) is 65.3 Å². The van der Waals surface area contributed by atoms with Gasteiger partial charge < -0.3 is 4.74 Å². The van der Waals surface area contributed by atoms with Gasteiger partial charge in [-0.15, -0.1) is 0 Å². The highest BCUT2D eigenvalue weighted by molar-refractivity contribution is 6.31. The molecule has 0 saturated carbocycles. The molecule has 2 nitrogen and oxygen atoms in total. The number of hydrogen-bond acceptors (Lipinski definition) is 2. The van der Waals surface area contributed by atoms with E-state index in [9.17, 15) is 0 Å². The number of pyridine rings is 1. The van der Waals surface area contributed by atoms with E-state index in [-0.39, 0.29) is 0 Å². The van der Waals surface area contributed by atoms with Gasteiger partial charge in [0.15, 0.2) is 0 Å². The first-order chi connectivity index (χ1) is 10.1. The van der Waals surface area contributed by atoms with Crippen LogP contribution >= 0.6 is 11.6 Å². The van der Waals surface area contributed by atoms with Crippen molar-refractivity contribution in [3.63, 3.8) is 0 Å². The van der Waals surface area contributed by atoms with Crippen LogP contribution in [0.5, 0.6) is 11.5 Å². The highest BCUT2D eigenvalue weighted by Crippen LogP contribution is 2.34. The third-order valence-electron chi connectivity index (χ3n) is 3.43. The molecule has 0 fully saturated rings. The van der Waals surface area contributed by atoms with Crippen LogP contribution in [0.3, 0.4) is 0 Å². The molecule has 0 aliphatic carbocycles. The second-order valence-corrected chi connectivity index (χ2v) is 5.70. The van der Waals surface area contributed by atoms with Crippen LogP contribution in [-0.4, -0.2) is 4.98 Å². The van der Waals surface area contributed by atoms with E-state index in [1.807, 2.05) is 42.5 Å². The summed E-state index contributed by atoms with van der Waals surface area (Å²) in [7, 11) is 0. The molecular weight excluding hydrogens is 282 g/mol. The standard InChI is InChI=1S/C18H16ClNO/c1-12(2)14-5-3-4-6-17(14)21-18-9-10-20-16-11-13(19)7-8-15(16)18/h3-12H,1-2H3. The number of para-hydroxylation sites is 1. The van der Waals surface area contributed by atoms with Crippen molar-refractivity contribution in [2.75, 3.05) is 0 Å². The summed E-state index contributed by atoms with van der Waals surface area (Å²) in [4.78, 5) is 4.34. The maximum absolute atomic E-state index is 6.14. The molecule has 2 aromatic carbocycles. The van der Waals surface area contributed by atoms with Crippen LogP contribution in [-0.2, 0) is 0 Å². The number of nitrogens with zero attached hydrogens (tertiary/aromatic N) is 1. The van der Waals surface area contributed by atoms with Crippen molar-refractivity contribution in [1.29, 1.82) is 0 Å². The van der Waals surface area contributed by atoms with Crippen molar-refractivity contribution in [2.24, 2.45) is 0 Å². The lowest BCUT2D eigenvalue weighted by Crippen LogP contribution is -1.94. The Morgan fingerprint density at radius 3 is 2.62 bits per heavy atom. The van der Waals surface area contributed by atoms with Crippen molar-refractivity contribution < 1.29 is 4.74 Å². The number of benzene rings is 2. The lowest BCUT2D eigenvalue weighted by atomic mass is 10.0. The van der Waals surface area contributed by atoms with Gasteiger partial charge >= 0.3 is 0 Å². The van der Waals surface area contributed by atoms with Crippen LogP contribution in [0.25, 0.3) is 10.9 Å². The van der Waals surface area contributed by atoms with Crippen LogP contribution in [0.2, 0.25) is 5.02 Å². The zero-order chi connectivity index (χ0) is 14.8. The van der Waals surface area contributed by atoms with E-state index in [2.05, 4.69) is 24.9 Å². The Morgan fingerprint density at radius 2 is 1.81 bits per heavy atom. The zero-order valence-corrected chi connectivity index (χ0v) is 12.8. The van der Waals surface area contributed by atoms with E-state index in [1.165, 1.54) is 5.56 Å². The Bertz CT molecular complexity index is 783. The van der Waals surface area contributed by atoms with Crippen LogP contribution in [0.4, 0.5) is 0 Å². The summed E-state index contributed by atoms with van der Waals surface area (Å²) in [5.41, 5.74) is 2.03. The number of ether oxygens (including phenoxy) is 1. The Kier molecular flexibility index (Phi) is 3.80. The molecule has 0 saturated heterocycles. The molecule has 0 N–H and O–H groups in total. The number of aromatic nitrogens is 1. The van der Waals surface area contributed by atoms with E-state index >= 15 is 0 Å². The smallest absolute Gasteiger partial charge is 0.138 e. The highest BCUT2D eigenvalue weighted by Gasteiger charge is 2.10. The van der Waals surface area contributed by atoms with Gasteiger partial charge in [-0.3, -0.25) is 4.98 Å². The quantitative estimate of drug-likeness (QED) is 0.609. The van der Waals surface area contributed by atoms with Gasteiger partial charge in [0.1, 0.15) is 11.5 Å². The van der Waals surface area contributed by atoms with Gasteiger partial charge in [0.05, 0.1) is 5.52 Å². The predicted molar refractivity (Wildman–Crippen MR) is 87.4 cm³/mol. The average Bonchev–Trinajstić information content (AvgIpc) is 2.47. The fourth-order valence-electron chi connectivity index (χ4n) is 2.35. The number of halogens is 1. The molecule has 0 bridgehead atoms. The Hall–Kier alpha value is -2.06. The van der Waals surface area contributed by atoms with Crippen molar-refractivity contribution in [2.45, 2.75) is 19.8 Å². The molecular formula is C18H16ClNO. The summed E-state index contributed by atoms with van der Waals surface area (Å²) in [6.45, 7) is 4.32. The first-order valence-electron chi connectivity index (χ1n) is 6.96. The summed E-state index contributed by atoms with van der Waals surface area (Å²) >= 11 is 6.02. The predicted octanol–water partition coefficient (Wildman–Crippen LogP) is 5.80. The van der Waals surface area contributed by atoms with E-state index in [4.69, 9.17) is 16.3 Å². The molecule has 3 rings (SSSR count). The van der Waals surface area contributed by atoms with E-state index < -0.39 is 0 Å². The summed E-state index contributed by atoms with van der Waals surface area (Å²) in [5, 5.41) is 1.63. The second-order valence-electron chi connectivity index (χ2n) is 5.27. The fourth-order valence-corrected chi connectivity index (χ4v) is 2.52. The number of rotatable bonds is 3. The molecule has 21 heavy (non-hydrogen) atoms. The summed E-state index contributed by atoms with van der Waals surface area (Å²) < 4.78 is 6.14. The van der Waals surface area contributed by atoms with Gasteiger partial charge in [-0.05, 0) is 41.8 Å². The largest absolute Gasteiger partial charge is 0.456 e. The number of hydrogen-bond donors (Lipinski definition) is 0. The van der Waals surface area contributed by atoms with E-state index in [0.717, 1.165) is 22.4 Å².